The summed E-state index contributed by atoms with van der Waals surface area (Å²) < 4.78 is 5.29. The Balaban J connectivity index is 0.733. The van der Waals surface area contributed by atoms with Gasteiger partial charge in [0.05, 0.1) is 16.4 Å². The highest BCUT2D eigenvalue weighted by molar-refractivity contribution is 7.00. The van der Waals surface area contributed by atoms with E-state index in [1.807, 2.05) is 0 Å². The van der Waals surface area contributed by atoms with Gasteiger partial charge in [-0.3, -0.25) is 0 Å². The topological polar surface area (TPSA) is 16.3 Å². The van der Waals surface area contributed by atoms with Gasteiger partial charge in [-0.15, -0.1) is 0 Å². The first kappa shape index (κ1) is 86.4. The number of benzene rings is 14. The molecule has 0 unspecified atom stereocenters. The van der Waals surface area contributed by atoms with Crippen LogP contribution in [-0.4, -0.2) is 28.9 Å². The Morgan fingerprint density at radius 1 is 0.254 bits per heavy atom. The highest BCUT2D eigenvalue weighted by Gasteiger charge is 2.52. The summed E-state index contributed by atoms with van der Waals surface area (Å²) in [5.74, 6) is 0. The molecule has 0 amide bonds. The Labute approximate surface area is 776 Å². The lowest BCUT2D eigenvalue weighted by atomic mass is 9.33. The lowest BCUT2D eigenvalue weighted by Crippen LogP contribution is -2.62. The first-order valence-corrected chi connectivity index (χ1v) is 48.8. The number of rotatable bonds is 18. The highest BCUT2D eigenvalue weighted by Crippen LogP contribution is 2.64. The van der Waals surface area contributed by atoms with Crippen molar-refractivity contribution in [3.8, 4) is 50.2 Å². The van der Waals surface area contributed by atoms with Gasteiger partial charge >= 0.3 is 0 Å². The van der Waals surface area contributed by atoms with Crippen molar-refractivity contribution < 1.29 is 0 Å². The van der Waals surface area contributed by atoms with Crippen molar-refractivity contribution in [2.45, 2.75) is 253 Å². The van der Waals surface area contributed by atoms with Gasteiger partial charge in [0, 0.05) is 80.6 Å². The molecular formula is C125H133BN4. The smallest absolute Gasteiger partial charge is 0.252 e. The van der Waals surface area contributed by atoms with E-state index in [0.29, 0.717) is 0 Å². The molecule has 0 N–H and O–H groups in total. The summed E-state index contributed by atoms with van der Waals surface area (Å²) in [4.78, 5) is 5.67. The van der Waals surface area contributed by atoms with Gasteiger partial charge in [0.2, 0.25) is 0 Å². The van der Waals surface area contributed by atoms with E-state index >= 15 is 0 Å². The zero-order valence-corrected chi connectivity index (χ0v) is 81.4. The van der Waals surface area contributed by atoms with Crippen LogP contribution in [-0.2, 0) is 69.1 Å². The highest BCUT2D eigenvalue weighted by atomic mass is 15.2. The first-order chi connectivity index (χ1) is 61.9. The molecule has 2 aliphatic carbocycles. The molecule has 4 nitrogen and oxygen atoms in total. The van der Waals surface area contributed by atoms with Crippen molar-refractivity contribution in [3.63, 3.8) is 0 Å². The molecule has 656 valence electrons. The van der Waals surface area contributed by atoms with Gasteiger partial charge in [-0.25, -0.2) is 0 Å². The molecule has 130 heavy (non-hydrogen) atoms. The van der Waals surface area contributed by atoms with Crippen LogP contribution in [0.25, 0.3) is 93.8 Å². The van der Waals surface area contributed by atoms with Crippen LogP contribution >= 0.6 is 0 Å². The number of hydrogen-bond donors (Lipinski definition) is 0. The number of unbranched alkanes of at least 4 members (excludes halogenated alkanes) is 3. The molecule has 0 saturated heterocycles. The molecule has 0 radical (unpaired) electrons. The molecule has 0 atom stereocenters. The SMILES string of the molecule is CC(C)(C)c1ccc(-c2cc(C(C)(C)C)ccc2CCCCCN2c3cc(-n4c5ccccc5c5cc6c(cc54)C4(c5ccccc5-c5ccccc54)c4ccccc4-6)ccc3B3c4ccc(CCCCn5c6ccc(C(C)(C)C)cc6c6cc(C(C)(C)C)ccc65)cc4N(CCCc4ccc(C(C)(C)C)cc4-c4ccc(C(C)(C)C)cc4)c4cc(C(C)(C)C)cc2c43)cc1. The van der Waals surface area contributed by atoms with Crippen molar-refractivity contribution in [3.05, 3.63) is 357 Å². The lowest BCUT2D eigenvalue weighted by Gasteiger charge is -2.45. The van der Waals surface area contributed by atoms with Crippen LogP contribution in [0.4, 0.5) is 22.7 Å². The largest absolute Gasteiger partial charge is 0.342 e. The third-order valence-electron chi connectivity index (χ3n) is 30.2. The van der Waals surface area contributed by atoms with Crippen LogP contribution in [0.3, 0.4) is 0 Å². The van der Waals surface area contributed by atoms with E-state index in [-0.39, 0.29) is 44.6 Å². The molecule has 2 aromatic heterocycles. The van der Waals surface area contributed by atoms with E-state index in [1.165, 1.54) is 211 Å². The molecule has 0 fully saturated rings. The second kappa shape index (κ2) is 31.8. The Bertz CT molecular complexity index is 7030. The van der Waals surface area contributed by atoms with Gasteiger partial charge in [-0.05, 0) is 301 Å². The van der Waals surface area contributed by atoms with Gasteiger partial charge in [0.25, 0.3) is 6.71 Å². The Hall–Kier alpha value is -11.7. The summed E-state index contributed by atoms with van der Waals surface area (Å²) >= 11 is 0. The number of fused-ring (bicyclic) bond motifs is 20. The fraction of sp³-hybridized carbons (Fsp3) is 0.328. The van der Waals surface area contributed by atoms with E-state index in [4.69, 9.17) is 0 Å². The molecule has 1 spiro atoms. The van der Waals surface area contributed by atoms with Crippen molar-refractivity contribution in [1.29, 1.82) is 0 Å². The summed E-state index contributed by atoms with van der Waals surface area (Å²) in [5, 5.41) is 5.29. The Kier molecular flexibility index (Phi) is 21.2. The zero-order chi connectivity index (χ0) is 90.8. The molecule has 2 aliphatic heterocycles. The van der Waals surface area contributed by atoms with Gasteiger partial charge < -0.3 is 18.9 Å². The lowest BCUT2D eigenvalue weighted by molar-refractivity contribution is 0.589. The molecular weight excluding hydrogens is 1570 g/mol. The molecule has 5 heteroatoms. The van der Waals surface area contributed by atoms with Crippen molar-refractivity contribution in [2.24, 2.45) is 0 Å². The molecule has 14 aromatic carbocycles. The van der Waals surface area contributed by atoms with Crippen LogP contribution in [0.15, 0.2) is 279 Å². The number of hydrogen-bond acceptors (Lipinski definition) is 2. The normalized spacial score (nSPS) is 14.1. The average Bonchev–Trinajstić information content (AvgIpc) is 1.48. The zero-order valence-electron chi connectivity index (χ0n) is 81.4. The van der Waals surface area contributed by atoms with Gasteiger partial charge in [-0.1, -0.05) is 358 Å². The van der Waals surface area contributed by atoms with E-state index in [9.17, 15) is 0 Å². The summed E-state index contributed by atoms with van der Waals surface area (Å²) in [6, 6.07) is 112. The molecule has 0 bridgehead atoms. The minimum Gasteiger partial charge on any atom is -0.342 e. The van der Waals surface area contributed by atoms with Crippen molar-refractivity contribution in [2.75, 3.05) is 22.9 Å². The second-order valence-corrected chi connectivity index (χ2v) is 46.1. The minimum absolute atomic E-state index is 0.00406. The van der Waals surface area contributed by atoms with Crippen molar-refractivity contribution >= 4 is 89.5 Å². The van der Waals surface area contributed by atoms with Crippen LogP contribution in [0.5, 0.6) is 0 Å². The second-order valence-electron chi connectivity index (χ2n) is 46.1. The third-order valence-corrected chi connectivity index (χ3v) is 30.2. The van der Waals surface area contributed by atoms with E-state index < -0.39 is 5.41 Å². The number of aryl methyl sites for hydroxylation is 4. The maximum Gasteiger partial charge on any atom is 0.252 e. The molecule has 4 heterocycles. The fourth-order valence-corrected chi connectivity index (χ4v) is 22.6. The minimum atomic E-state index is -0.494. The number of nitrogens with zero attached hydrogens (tertiary/aromatic N) is 4. The number of aromatic nitrogens is 2. The molecule has 16 aromatic rings. The summed E-state index contributed by atoms with van der Waals surface area (Å²) in [6.07, 6.45) is 9.24. The van der Waals surface area contributed by atoms with Gasteiger partial charge in [-0.2, -0.15) is 0 Å². The Morgan fingerprint density at radius 3 is 1.18 bits per heavy atom. The van der Waals surface area contributed by atoms with Crippen LogP contribution in [0.2, 0.25) is 0 Å². The average molecular weight is 1700 g/mol. The quantitative estimate of drug-likeness (QED) is 0.0629. The molecule has 20 rings (SSSR count). The number of anilines is 4. The predicted molar refractivity (Wildman–Crippen MR) is 562 cm³/mol. The monoisotopic (exact) mass is 1700 g/mol. The summed E-state index contributed by atoms with van der Waals surface area (Å²) in [7, 11) is 0. The summed E-state index contributed by atoms with van der Waals surface area (Å²) in [6.45, 7) is 52.2. The summed E-state index contributed by atoms with van der Waals surface area (Å²) in [5.41, 5.74) is 45.4. The van der Waals surface area contributed by atoms with Gasteiger partial charge in [0.15, 0.2) is 0 Å². The maximum absolute atomic E-state index is 2.84. The van der Waals surface area contributed by atoms with Crippen LogP contribution in [0, 0.1) is 0 Å². The van der Waals surface area contributed by atoms with E-state index in [2.05, 4.69) is 443 Å². The Morgan fingerprint density at radius 2 is 0.669 bits per heavy atom. The van der Waals surface area contributed by atoms with Crippen molar-refractivity contribution in [1.82, 2.24) is 9.13 Å². The molecule has 0 saturated carbocycles. The van der Waals surface area contributed by atoms with E-state index in [0.717, 1.165) is 77.4 Å². The van der Waals surface area contributed by atoms with Crippen LogP contribution in [0.1, 0.15) is 262 Å². The first-order valence-electron chi connectivity index (χ1n) is 48.8. The molecule has 4 aliphatic rings. The fourth-order valence-electron chi connectivity index (χ4n) is 22.6. The van der Waals surface area contributed by atoms with Gasteiger partial charge in [0.1, 0.15) is 0 Å². The number of para-hydroxylation sites is 1. The van der Waals surface area contributed by atoms with E-state index in [1.54, 1.807) is 0 Å². The van der Waals surface area contributed by atoms with Crippen LogP contribution < -0.4 is 26.2 Å². The predicted octanol–water partition coefficient (Wildman–Crippen LogP) is 31.1. The standard InChI is InChI=1S/C125H133BN4/c1-118(2,3)85-54-48-83(49-55-85)97-71-87(120(7,8)9)58-52-81(97)37-23-22-33-67-128-114-77-92(130-111-46-31-27-42-96(111)102-78-99-95-41-26-30-45-105(95)125(106(99)79-112(102)130)103-43-28-24-39-93(103)94-40-25-29-44-104(94)125)62-64-108(114)126-107-63-47-80(36-32-34-68-127-109-65-60-89(122(13,14)15)73-100(109)101-74-90(123(16,17)18)61-66-110(101)127)70-113(107)129(116-76-91(124(19,20)21)75-115(128)117(116)126)69-35-38-82-53-59-88(121(10,11)12)72-98(82)84-50-56-86(57-51-84)119(4,5)6/h24-31,39-66,70-79H,22-23,32-38,67-69H2,1-21H3. The third kappa shape index (κ3) is 15.0. The maximum atomic E-state index is 2.84.